The van der Waals surface area contributed by atoms with E-state index in [0.717, 1.165) is 29.7 Å². The summed E-state index contributed by atoms with van der Waals surface area (Å²) in [5, 5.41) is 14.5. The zero-order valence-corrected chi connectivity index (χ0v) is 13.3. The smallest absolute Gasteiger partial charge is 0.317 e. The largest absolute Gasteiger partial charge is 0.480 e. The third-order valence-electron chi connectivity index (χ3n) is 3.59. The molecule has 1 saturated carbocycles. The van der Waals surface area contributed by atoms with Gasteiger partial charge in [-0.15, -0.1) is 11.3 Å². The van der Waals surface area contributed by atoms with Gasteiger partial charge >= 0.3 is 5.97 Å². The van der Waals surface area contributed by atoms with E-state index in [4.69, 9.17) is 5.11 Å². The third kappa shape index (κ3) is 4.27. The highest BCUT2D eigenvalue weighted by Gasteiger charge is 2.33. The van der Waals surface area contributed by atoms with E-state index in [9.17, 15) is 4.79 Å². The molecule has 0 unspecified atom stereocenters. The second-order valence-corrected chi connectivity index (χ2v) is 7.21. The number of hydrogen-bond acceptors (Lipinski definition) is 4. The predicted molar refractivity (Wildman–Crippen MR) is 80.6 cm³/mol. The third-order valence-corrected chi connectivity index (χ3v) is 5.14. The summed E-state index contributed by atoms with van der Waals surface area (Å²) in [5.74, 6) is -0.735. The number of rotatable bonds is 7. The summed E-state index contributed by atoms with van der Waals surface area (Å²) in [6.07, 6.45) is 2.10. The lowest BCUT2D eigenvalue weighted by atomic mass is 9.85. The number of hydrogen-bond donors (Lipinski definition) is 2. The fourth-order valence-electron chi connectivity index (χ4n) is 2.43. The number of halogens is 1. The summed E-state index contributed by atoms with van der Waals surface area (Å²) in [5.41, 5.74) is 1.30. The van der Waals surface area contributed by atoms with Gasteiger partial charge in [0.05, 0.1) is 10.3 Å². The first kappa shape index (κ1) is 15.0. The molecular formula is C13H19BrN2O2S. The fourth-order valence-corrected chi connectivity index (χ4v) is 3.64. The molecule has 2 rings (SSSR count). The van der Waals surface area contributed by atoms with Crippen molar-refractivity contribution in [3.63, 3.8) is 0 Å². The number of likely N-dealkylation sites (N-methyl/N-ethyl adjacent to an activating group) is 1. The maximum Gasteiger partial charge on any atom is 0.317 e. The lowest BCUT2D eigenvalue weighted by molar-refractivity contribution is -0.139. The average molecular weight is 347 g/mol. The van der Waals surface area contributed by atoms with E-state index < -0.39 is 5.97 Å². The lowest BCUT2D eigenvalue weighted by Gasteiger charge is -2.42. The van der Waals surface area contributed by atoms with E-state index >= 15 is 0 Å². The summed E-state index contributed by atoms with van der Waals surface area (Å²) in [7, 11) is 0. The summed E-state index contributed by atoms with van der Waals surface area (Å²) in [6.45, 7) is 3.88. The van der Waals surface area contributed by atoms with Crippen LogP contribution in [0.25, 0.3) is 0 Å². The van der Waals surface area contributed by atoms with Gasteiger partial charge in [0.25, 0.3) is 0 Å². The quantitative estimate of drug-likeness (QED) is 0.796. The van der Waals surface area contributed by atoms with Crippen molar-refractivity contribution in [1.82, 2.24) is 10.2 Å². The standard InChI is InChI=1S/C13H19BrN2O2S/c1-2-16(7-13(17)18)11-4-10(5-11)15-6-9-3-12(14)19-8-9/h3,8,10-11,15H,2,4-7H2,1H3,(H,17,18). The Bertz CT molecular complexity index is 432. The van der Waals surface area contributed by atoms with Crippen molar-refractivity contribution in [2.75, 3.05) is 13.1 Å². The molecule has 2 N–H and O–H groups in total. The van der Waals surface area contributed by atoms with Crippen LogP contribution in [0.5, 0.6) is 0 Å². The molecule has 0 atom stereocenters. The molecular weight excluding hydrogens is 328 g/mol. The normalized spacial score (nSPS) is 22.5. The number of nitrogens with zero attached hydrogens (tertiary/aromatic N) is 1. The van der Waals surface area contributed by atoms with Crippen LogP contribution in [0.1, 0.15) is 25.3 Å². The number of carboxylic acid groups (broad SMARTS) is 1. The highest BCUT2D eigenvalue weighted by atomic mass is 79.9. The fraction of sp³-hybridized carbons (Fsp3) is 0.615. The van der Waals surface area contributed by atoms with E-state index in [-0.39, 0.29) is 6.54 Å². The van der Waals surface area contributed by atoms with Gasteiger partial charge in [0.2, 0.25) is 0 Å². The second-order valence-electron chi connectivity index (χ2n) is 4.92. The molecule has 0 aliphatic heterocycles. The molecule has 6 heteroatoms. The highest BCUT2D eigenvalue weighted by Crippen LogP contribution is 2.26. The zero-order chi connectivity index (χ0) is 13.8. The van der Waals surface area contributed by atoms with Crippen molar-refractivity contribution in [1.29, 1.82) is 0 Å². The van der Waals surface area contributed by atoms with Gasteiger partial charge in [-0.2, -0.15) is 0 Å². The predicted octanol–water partition coefficient (Wildman–Crippen LogP) is 2.54. The Kier molecular flexibility index (Phi) is 5.38. The van der Waals surface area contributed by atoms with Crippen LogP contribution < -0.4 is 5.32 Å². The Morgan fingerprint density at radius 2 is 2.37 bits per heavy atom. The van der Waals surface area contributed by atoms with Gasteiger partial charge in [-0.1, -0.05) is 6.92 Å². The van der Waals surface area contributed by atoms with E-state index in [2.05, 4.69) is 32.7 Å². The first-order valence-corrected chi connectivity index (χ1v) is 8.18. The zero-order valence-electron chi connectivity index (χ0n) is 10.9. The van der Waals surface area contributed by atoms with Crippen molar-refractivity contribution in [2.24, 2.45) is 0 Å². The Hall–Kier alpha value is -0.430. The highest BCUT2D eigenvalue weighted by molar-refractivity contribution is 9.11. The summed E-state index contributed by atoms with van der Waals surface area (Å²) in [4.78, 5) is 12.8. The number of carbonyl (C=O) groups is 1. The molecule has 1 aromatic rings. The Labute approximate surface area is 125 Å². The number of nitrogens with one attached hydrogen (secondary N) is 1. The maximum atomic E-state index is 10.7. The van der Waals surface area contributed by atoms with E-state index in [1.165, 1.54) is 5.56 Å². The second kappa shape index (κ2) is 6.83. The lowest BCUT2D eigenvalue weighted by Crippen LogP contribution is -2.53. The molecule has 0 amide bonds. The molecule has 0 saturated heterocycles. The molecule has 0 aromatic carbocycles. The minimum absolute atomic E-state index is 0.158. The molecule has 1 aliphatic rings. The average Bonchev–Trinajstić information content (AvgIpc) is 2.71. The number of aliphatic carboxylic acids is 1. The van der Waals surface area contributed by atoms with Crippen LogP contribution in [0.15, 0.2) is 15.2 Å². The van der Waals surface area contributed by atoms with E-state index in [1.54, 1.807) is 11.3 Å². The van der Waals surface area contributed by atoms with Gasteiger partial charge in [0.1, 0.15) is 0 Å². The van der Waals surface area contributed by atoms with Gasteiger partial charge in [-0.3, -0.25) is 9.69 Å². The van der Waals surface area contributed by atoms with Crippen LogP contribution in [-0.2, 0) is 11.3 Å². The molecule has 0 radical (unpaired) electrons. The number of carboxylic acids is 1. The van der Waals surface area contributed by atoms with Gasteiger partial charge in [0.15, 0.2) is 0 Å². The first-order chi connectivity index (χ1) is 9.08. The minimum Gasteiger partial charge on any atom is -0.480 e. The molecule has 19 heavy (non-hydrogen) atoms. The van der Waals surface area contributed by atoms with Gasteiger partial charge in [0, 0.05) is 18.6 Å². The van der Waals surface area contributed by atoms with Crippen molar-refractivity contribution in [2.45, 2.75) is 38.4 Å². The Balaban J connectivity index is 1.69. The maximum absolute atomic E-state index is 10.7. The van der Waals surface area contributed by atoms with Gasteiger partial charge in [-0.05, 0) is 52.3 Å². The Morgan fingerprint density at radius 1 is 1.63 bits per heavy atom. The Morgan fingerprint density at radius 3 is 2.89 bits per heavy atom. The van der Waals surface area contributed by atoms with Gasteiger partial charge < -0.3 is 10.4 Å². The topological polar surface area (TPSA) is 52.6 Å². The van der Waals surface area contributed by atoms with Crippen molar-refractivity contribution < 1.29 is 9.90 Å². The molecule has 0 spiro atoms. The van der Waals surface area contributed by atoms with E-state index in [0.29, 0.717) is 12.1 Å². The van der Waals surface area contributed by atoms with Crippen LogP contribution in [0, 0.1) is 0 Å². The molecule has 1 aliphatic carbocycles. The SMILES string of the molecule is CCN(CC(=O)O)C1CC(NCc2csc(Br)c2)C1. The molecule has 4 nitrogen and oxygen atoms in total. The molecule has 106 valence electrons. The van der Waals surface area contributed by atoms with Crippen molar-refractivity contribution >= 4 is 33.2 Å². The van der Waals surface area contributed by atoms with Crippen LogP contribution >= 0.6 is 27.3 Å². The molecule has 1 heterocycles. The van der Waals surface area contributed by atoms with Gasteiger partial charge in [-0.25, -0.2) is 0 Å². The molecule has 1 aromatic heterocycles. The monoisotopic (exact) mass is 346 g/mol. The summed E-state index contributed by atoms with van der Waals surface area (Å²) >= 11 is 5.16. The van der Waals surface area contributed by atoms with E-state index in [1.807, 2.05) is 11.8 Å². The minimum atomic E-state index is -0.735. The summed E-state index contributed by atoms with van der Waals surface area (Å²) < 4.78 is 1.16. The van der Waals surface area contributed by atoms with Crippen molar-refractivity contribution in [3.05, 3.63) is 20.8 Å². The summed E-state index contributed by atoms with van der Waals surface area (Å²) in [6, 6.07) is 3.08. The van der Waals surface area contributed by atoms with Crippen LogP contribution in [0.4, 0.5) is 0 Å². The van der Waals surface area contributed by atoms with Crippen LogP contribution in [0.3, 0.4) is 0 Å². The van der Waals surface area contributed by atoms with Crippen molar-refractivity contribution in [3.8, 4) is 0 Å². The number of thiophene rings is 1. The molecule has 0 bridgehead atoms. The van der Waals surface area contributed by atoms with Crippen LogP contribution in [-0.4, -0.2) is 41.1 Å². The van der Waals surface area contributed by atoms with Crippen LogP contribution in [0.2, 0.25) is 0 Å². The molecule has 1 fully saturated rings. The first-order valence-electron chi connectivity index (χ1n) is 6.50.